The number of ketones is 1. The highest BCUT2D eigenvalue weighted by molar-refractivity contribution is 5.97. The third-order valence-electron chi connectivity index (χ3n) is 3.15. The molecule has 1 aromatic carbocycles. The van der Waals surface area contributed by atoms with Crippen molar-refractivity contribution in [3.8, 4) is 0 Å². The number of carbonyl (C=O) groups excluding carboxylic acids is 1. The summed E-state index contributed by atoms with van der Waals surface area (Å²) in [5, 5.41) is 0. The lowest BCUT2D eigenvalue weighted by molar-refractivity contribution is 0.0909. The van der Waals surface area contributed by atoms with Gasteiger partial charge in [0.15, 0.2) is 5.78 Å². The summed E-state index contributed by atoms with van der Waals surface area (Å²) in [4.78, 5) is 14.0. The van der Waals surface area contributed by atoms with Gasteiger partial charge in [0, 0.05) is 24.7 Å². The van der Waals surface area contributed by atoms with E-state index in [1.54, 1.807) is 12.1 Å². The number of nitrogens with zero attached hydrogens (tertiary/aromatic N) is 1. The van der Waals surface area contributed by atoms with Gasteiger partial charge < -0.3 is 5.73 Å². The van der Waals surface area contributed by atoms with E-state index >= 15 is 0 Å². The van der Waals surface area contributed by atoms with Crippen LogP contribution in [0.4, 0.5) is 4.39 Å². The molecule has 2 rings (SSSR count). The predicted octanol–water partition coefficient (Wildman–Crippen LogP) is 1.43. The minimum atomic E-state index is -0.364. The molecule has 1 aromatic rings. The Hall–Kier alpha value is -1.26. The SMILES string of the molecule is NC1CCN(CC(=O)c2cccc(F)c2)CC1. The maximum atomic E-state index is 13.0. The number of halogens is 1. The number of hydrogen-bond donors (Lipinski definition) is 1. The lowest BCUT2D eigenvalue weighted by atomic mass is 10.0. The molecule has 17 heavy (non-hydrogen) atoms. The van der Waals surface area contributed by atoms with Crippen molar-refractivity contribution in [2.45, 2.75) is 18.9 Å². The van der Waals surface area contributed by atoms with Gasteiger partial charge in [-0.2, -0.15) is 0 Å². The van der Waals surface area contributed by atoms with Crippen LogP contribution < -0.4 is 5.73 Å². The summed E-state index contributed by atoms with van der Waals surface area (Å²) in [5.74, 6) is -0.392. The lowest BCUT2D eigenvalue weighted by Gasteiger charge is -2.29. The highest BCUT2D eigenvalue weighted by Crippen LogP contribution is 2.10. The van der Waals surface area contributed by atoms with Crippen LogP contribution in [0.25, 0.3) is 0 Å². The van der Waals surface area contributed by atoms with E-state index in [1.807, 2.05) is 0 Å². The second-order valence-electron chi connectivity index (χ2n) is 4.55. The molecular weight excluding hydrogens is 219 g/mol. The fourth-order valence-electron chi connectivity index (χ4n) is 2.07. The summed E-state index contributed by atoms with van der Waals surface area (Å²) in [5.41, 5.74) is 6.24. The Morgan fingerprint density at radius 1 is 1.41 bits per heavy atom. The number of piperidine rings is 1. The van der Waals surface area contributed by atoms with Gasteiger partial charge in [-0.3, -0.25) is 9.69 Å². The number of carbonyl (C=O) groups is 1. The van der Waals surface area contributed by atoms with Gasteiger partial charge in [0.05, 0.1) is 6.54 Å². The van der Waals surface area contributed by atoms with Crippen LogP contribution in [0.15, 0.2) is 24.3 Å². The number of nitrogens with two attached hydrogens (primary N) is 1. The van der Waals surface area contributed by atoms with E-state index in [2.05, 4.69) is 4.90 Å². The van der Waals surface area contributed by atoms with Crippen molar-refractivity contribution in [2.24, 2.45) is 5.73 Å². The van der Waals surface area contributed by atoms with Crippen LogP contribution in [0.5, 0.6) is 0 Å². The Morgan fingerprint density at radius 3 is 2.76 bits per heavy atom. The highest BCUT2D eigenvalue weighted by Gasteiger charge is 2.18. The van der Waals surface area contributed by atoms with E-state index in [1.165, 1.54) is 12.1 Å². The molecule has 92 valence electrons. The maximum absolute atomic E-state index is 13.0. The zero-order chi connectivity index (χ0) is 12.3. The monoisotopic (exact) mass is 236 g/mol. The molecule has 0 unspecified atom stereocenters. The van der Waals surface area contributed by atoms with Crippen LogP contribution in [-0.2, 0) is 0 Å². The molecule has 1 saturated heterocycles. The number of rotatable bonds is 3. The third kappa shape index (κ3) is 3.35. The van der Waals surface area contributed by atoms with Crippen LogP contribution in [0.2, 0.25) is 0 Å². The molecule has 0 aliphatic carbocycles. The first kappa shape index (κ1) is 12.2. The predicted molar refractivity (Wildman–Crippen MR) is 64.4 cm³/mol. The van der Waals surface area contributed by atoms with E-state index in [9.17, 15) is 9.18 Å². The summed E-state index contributed by atoms with van der Waals surface area (Å²) in [6.07, 6.45) is 1.85. The highest BCUT2D eigenvalue weighted by atomic mass is 19.1. The molecule has 2 N–H and O–H groups in total. The van der Waals surface area contributed by atoms with E-state index < -0.39 is 0 Å². The van der Waals surface area contributed by atoms with Crippen molar-refractivity contribution in [1.82, 2.24) is 4.90 Å². The van der Waals surface area contributed by atoms with Gasteiger partial charge in [-0.1, -0.05) is 12.1 Å². The zero-order valence-corrected chi connectivity index (χ0v) is 9.73. The summed E-state index contributed by atoms with van der Waals surface area (Å²) in [7, 11) is 0. The fourth-order valence-corrected chi connectivity index (χ4v) is 2.07. The Balaban J connectivity index is 1.93. The quantitative estimate of drug-likeness (QED) is 0.808. The third-order valence-corrected chi connectivity index (χ3v) is 3.15. The second-order valence-corrected chi connectivity index (χ2v) is 4.55. The van der Waals surface area contributed by atoms with Gasteiger partial charge in [0.1, 0.15) is 5.82 Å². The van der Waals surface area contributed by atoms with E-state index in [0.29, 0.717) is 12.1 Å². The molecule has 3 nitrogen and oxygen atoms in total. The molecule has 1 aliphatic rings. The molecule has 1 heterocycles. The first-order valence-corrected chi connectivity index (χ1v) is 5.92. The van der Waals surface area contributed by atoms with Crippen molar-refractivity contribution in [3.05, 3.63) is 35.6 Å². The van der Waals surface area contributed by atoms with Gasteiger partial charge in [-0.25, -0.2) is 4.39 Å². The van der Waals surface area contributed by atoms with Crippen molar-refractivity contribution < 1.29 is 9.18 Å². The molecule has 0 atom stereocenters. The van der Waals surface area contributed by atoms with Crippen LogP contribution in [0.1, 0.15) is 23.2 Å². The summed E-state index contributed by atoms with van der Waals surface area (Å²) in [6.45, 7) is 2.06. The zero-order valence-electron chi connectivity index (χ0n) is 9.73. The van der Waals surface area contributed by atoms with E-state index in [0.717, 1.165) is 25.9 Å². The van der Waals surface area contributed by atoms with E-state index in [-0.39, 0.29) is 17.6 Å². The molecule has 0 radical (unpaired) electrons. The molecule has 1 aliphatic heterocycles. The Morgan fingerprint density at radius 2 is 2.12 bits per heavy atom. The number of benzene rings is 1. The van der Waals surface area contributed by atoms with Crippen LogP contribution in [0.3, 0.4) is 0 Å². The minimum Gasteiger partial charge on any atom is -0.328 e. The summed E-state index contributed by atoms with van der Waals surface area (Å²) >= 11 is 0. The van der Waals surface area contributed by atoms with Crippen LogP contribution in [-0.4, -0.2) is 36.4 Å². The first-order valence-electron chi connectivity index (χ1n) is 5.92. The van der Waals surface area contributed by atoms with Crippen molar-refractivity contribution >= 4 is 5.78 Å². The molecule has 0 bridgehead atoms. The number of likely N-dealkylation sites (tertiary alicyclic amines) is 1. The van der Waals surface area contributed by atoms with Crippen LogP contribution >= 0.6 is 0 Å². The van der Waals surface area contributed by atoms with Crippen LogP contribution in [0, 0.1) is 5.82 Å². The number of hydrogen-bond acceptors (Lipinski definition) is 3. The molecule has 0 saturated carbocycles. The summed E-state index contributed by atoms with van der Waals surface area (Å²) in [6, 6.07) is 6.11. The van der Waals surface area contributed by atoms with E-state index in [4.69, 9.17) is 5.73 Å². The Bertz CT molecular complexity index is 400. The molecule has 0 aromatic heterocycles. The Labute approximate surface area is 100 Å². The van der Waals surface area contributed by atoms with Gasteiger partial charge in [-0.15, -0.1) is 0 Å². The topological polar surface area (TPSA) is 46.3 Å². The molecular formula is C13H17FN2O. The van der Waals surface area contributed by atoms with Gasteiger partial charge in [0.2, 0.25) is 0 Å². The second kappa shape index (κ2) is 5.38. The lowest BCUT2D eigenvalue weighted by Crippen LogP contribution is -2.41. The molecule has 1 fully saturated rings. The fraction of sp³-hybridized carbons (Fsp3) is 0.462. The standard InChI is InChI=1S/C13H17FN2O/c14-11-3-1-2-10(8-11)13(17)9-16-6-4-12(15)5-7-16/h1-3,8,12H,4-7,9,15H2. The number of Topliss-reactive ketones (excluding diaryl/α,β-unsaturated/α-hetero) is 1. The normalized spacial score (nSPS) is 18.2. The van der Waals surface area contributed by atoms with Crippen molar-refractivity contribution in [2.75, 3.05) is 19.6 Å². The average molecular weight is 236 g/mol. The summed E-state index contributed by atoms with van der Waals surface area (Å²) < 4.78 is 13.0. The van der Waals surface area contributed by atoms with Gasteiger partial charge in [-0.05, 0) is 25.0 Å². The minimum absolute atomic E-state index is 0.0278. The maximum Gasteiger partial charge on any atom is 0.176 e. The first-order chi connectivity index (χ1) is 8.15. The largest absolute Gasteiger partial charge is 0.328 e. The van der Waals surface area contributed by atoms with Crippen molar-refractivity contribution in [3.63, 3.8) is 0 Å². The smallest absolute Gasteiger partial charge is 0.176 e. The molecule has 4 heteroatoms. The molecule has 0 amide bonds. The van der Waals surface area contributed by atoms with Crippen molar-refractivity contribution in [1.29, 1.82) is 0 Å². The average Bonchev–Trinajstić information content (AvgIpc) is 2.32. The molecule has 0 spiro atoms. The van der Waals surface area contributed by atoms with Gasteiger partial charge >= 0.3 is 0 Å². The Kier molecular flexibility index (Phi) is 3.86. The van der Waals surface area contributed by atoms with Gasteiger partial charge in [0.25, 0.3) is 0 Å².